The summed E-state index contributed by atoms with van der Waals surface area (Å²) in [6.07, 6.45) is 5.29. The maximum Gasteiger partial charge on any atom is 0.225 e. The Morgan fingerprint density at radius 2 is 2.11 bits per heavy atom. The van der Waals surface area contributed by atoms with Gasteiger partial charge in [0.1, 0.15) is 16.8 Å². The molecule has 28 heavy (non-hydrogen) atoms. The van der Waals surface area contributed by atoms with Gasteiger partial charge >= 0.3 is 0 Å². The molecular weight excluding hydrogens is 368 g/mol. The molecule has 4 nitrogen and oxygen atoms in total. The Balaban J connectivity index is 1.49. The first-order valence-electron chi connectivity index (χ1n) is 10.1. The van der Waals surface area contributed by atoms with Crippen LogP contribution in [0, 0.1) is 18.3 Å². The largest absolute Gasteiger partial charge is 0.494 e. The summed E-state index contributed by atoms with van der Waals surface area (Å²) in [5, 5.41) is 13.1. The summed E-state index contributed by atoms with van der Waals surface area (Å²) in [7, 11) is 0. The number of carbonyl (C=O) groups is 1. The van der Waals surface area contributed by atoms with E-state index in [1.807, 2.05) is 6.07 Å². The molecule has 0 aliphatic heterocycles. The van der Waals surface area contributed by atoms with E-state index in [0.29, 0.717) is 30.9 Å². The van der Waals surface area contributed by atoms with Gasteiger partial charge in [-0.2, -0.15) is 5.26 Å². The molecule has 1 heterocycles. The minimum absolute atomic E-state index is 0.0509. The summed E-state index contributed by atoms with van der Waals surface area (Å²) < 4.78 is 5.80. The van der Waals surface area contributed by atoms with Crippen LogP contribution in [0.15, 0.2) is 18.2 Å². The summed E-state index contributed by atoms with van der Waals surface area (Å²) in [5.74, 6) is 1.30. The van der Waals surface area contributed by atoms with Crippen LogP contribution in [-0.2, 0) is 17.6 Å². The molecule has 2 aromatic rings. The predicted octanol–water partition coefficient (Wildman–Crippen LogP) is 5.73. The van der Waals surface area contributed by atoms with Gasteiger partial charge in [0, 0.05) is 11.3 Å². The van der Waals surface area contributed by atoms with Crippen LogP contribution >= 0.6 is 11.3 Å². The standard InChI is InChI=1S/C23H28N2O2S/c1-15(2)18-11-10-17(13-16(18)3)27-12-6-9-22(26)25-23-20(14-24)19-7-4-5-8-21(19)28-23/h10-11,13,15H,4-9,12H2,1-3H3,(H,25,26). The van der Waals surface area contributed by atoms with E-state index >= 15 is 0 Å². The van der Waals surface area contributed by atoms with E-state index in [-0.39, 0.29) is 5.91 Å². The zero-order chi connectivity index (χ0) is 20.1. The van der Waals surface area contributed by atoms with E-state index in [1.165, 1.54) is 22.4 Å². The van der Waals surface area contributed by atoms with Crippen LogP contribution in [0.3, 0.4) is 0 Å². The summed E-state index contributed by atoms with van der Waals surface area (Å²) in [6, 6.07) is 8.46. The molecule has 1 aromatic carbocycles. The number of ether oxygens (including phenoxy) is 1. The number of amides is 1. The molecule has 0 unspecified atom stereocenters. The zero-order valence-corrected chi connectivity index (χ0v) is 17.7. The number of nitrogens with zero attached hydrogens (tertiary/aromatic N) is 1. The lowest BCUT2D eigenvalue weighted by Crippen LogP contribution is -2.13. The van der Waals surface area contributed by atoms with Crippen molar-refractivity contribution in [2.45, 2.75) is 65.2 Å². The van der Waals surface area contributed by atoms with E-state index in [9.17, 15) is 10.1 Å². The van der Waals surface area contributed by atoms with Crippen LogP contribution in [0.1, 0.15) is 72.6 Å². The Hall–Kier alpha value is -2.32. The average Bonchev–Trinajstić information content (AvgIpc) is 3.01. The van der Waals surface area contributed by atoms with Crippen molar-refractivity contribution in [3.63, 3.8) is 0 Å². The molecular formula is C23H28N2O2S. The molecule has 0 atom stereocenters. The van der Waals surface area contributed by atoms with Crippen LogP contribution in [0.2, 0.25) is 0 Å². The molecule has 1 aromatic heterocycles. The molecule has 5 heteroatoms. The highest BCUT2D eigenvalue weighted by Crippen LogP contribution is 2.37. The lowest BCUT2D eigenvalue weighted by Gasteiger charge is -2.12. The molecule has 1 N–H and O–H groups in total. The van der Waals surface area contributed by atoms with Crippen LogP contribution in [0.25, 0.3) is 0 Å². The molecule has 148 valence electrons. The van der Waals surface area contributed by atoms with Gasteiger partial charge in [0.2, 0.25) is 5.91 Å². The van der Waals surface area contributed by atoms with Crippen molar-refractivity contribution in [1.82, 2.24) is 0 Å². The Bertz CT molecular complexity index is 893. The number of carbonyl (C=O) groups excluding carboxylic acids is 1. The third-order valence-corrected chi connectivity index (χ3v) is 6.42. The minimum Gasteiger partial charge on any atom is -0.494 e. The quantitative estimate of drug-likeness (QED) is 0.608. The molecule has 3 rings (SSSR count). The van der Waals surface area contributed by atoms with E-state index in [4.69, 9.17) is 4.74 Å². The number of fused-ring (bicyclic) bond motifs is 1. The van der Waals surface area contributed by atoms with Gasteiger partial charge in [0.25, 0.3) is 0 Å². The SMILES string of the molecule is Cc1cc(OCCCC(=O)Nc2sc3c(c2C#N)CCCC3)ccc1C(C)C. The van der Waals surface area contributed by atoms with Gasteiger partial charge < -0.3 is 10.1 Å². The highest BCUT2D eigenvalue weighted by molar-refractivity contribution is 7.16. The van der Waals surface area contributed by atoms with Gasteiger partial charge in [-0.1, -0.05) is 19.9 Å². The fraction of sp³-hybridized carbons (Fsp3) is 0.478. The number of benzene rings is 1. The van der Waals surface area contributed by atoms with Crippen molar-refractivity contribution >= 4 is 22.2 Å². The van der Waals surface area contributed by atoms with Crippen molar-refractivity contribution in [2.75, 3.05) is 11.9 Å². The van der Waals surface area contributed by atoms with Crippen molar-refractivity contribution < 1.29 is 9.53 Å². The molecule has 1 aliphatic carbocycles. The first kappa shape index (κ1) is 20.4. The van der Waals surface area contributed by atoms with Gasteiger partial charge in [0.05, 0.1) is 12.2 Å². The molecule has 0 saturated heterocycles. The molecule has 0 spiro atoms. The highest BCUT2D eigenvalue weighted by atomic mass is 32.1. The van der Waals surface area contributed by atoms with Gasteiger partial charge in [-0.25, -0.2) is 0 Å². The first-order chi connectivity index (χ1) is 13.5. The smallest absolute Gasteiger partial charge is 0.225 e. The van der Waals surface area contributed by atoms with Crippen LogP contribution < -0.4 is 10.1 Å². The topological polar surface area (TPSA) is 62.1 Å². The first-order valence-corrected chi connectivity index (χ1v) is 10.9. The molecule has 0 bridgehead atoms. The maximum atomic E-state index is 12.3. The molecule has 0 radical (unpaired) electrons. The fourth-order valence-corrected chi connectivity index (χ4v) is 5.03. The Morgan fingerprint density at radius 1 is 1.32 bits per heavy atom. The zero-order valence-electron chi connectivity index (χ0n) is 16.9. The number of thiophene rings is 1. The summed E-state index contributed by atoms with van der Waals surface area (Å²) in [5.41, 5.74) is 4.39. The van der Waals surface area contributed by atoms with E-state index in [1.54, 1.807) is 11.3 Å². The summed E-state index contributed by atoms with van der Waals surface area (Å²) >= 11 is 1.57. The number of aryl methyl sites for hydroxylation is 2. The van der Waals surface area contributed by atoms with Gasteiger partial charge in [-0.05, 0) is 73.8 Å². The van der Waals surface area contributed by atoms with Gasteiger partial charge in [-0.15, -0.1) is 11.3 Å². The van der Waals surface area contributed by atoms with Crippen LogP contribution in [0.4, 0.5) is 5.00 Å². The maximum absolute atomic E-state index is 12.3. The monoisotopic (exact) mass is 396 g/mol. The summed E-state index contributed by atoms with van der Waals surface area (Å²) in [4.78, 5) is 13.6. The second-order valence-corrected chi connectivity index (χ2v) is 8.81. The number of nitriles is 1. The van der Waals surface area contributed by atoms with Crippen molar-refractivity contribution in [1.29, 1.82) is 5.26 Å². The van der Waals surface area contributed by atoms with Crippen molar-refractivity contribution in [3.05, 3.63) is 45.3 Å². The molecule has 0 saturated carbocycles. The lowest BCUT2D eigenvalue weighted by molar-refractivity contribution is -0.116. The van der Waals surface area contributed by atoms with Gasteiger partial charge in [-0.3, -0.25) is 4.79 Å². The Labute approximate surface area is 171 Å². The number of rotatable bonds is 7. The van der Waals surface area contributed by atoms with E-state index in [2.05, 4.69) is 44.3 Å². The third-order valence-electron chi connectivity index (χ3n) is 5.22. The number of hydrogen-bond acceptors (Lipinski definition) is 4. The summed E-state index contributed by atoms with van der Waals surface area (Å²) in [6.45, 7) is 6.97. The number of nitrogens with one attached hydrogen (secondary N) is 1. The minimum atomic E-state index is -0.0509. The van der Waals surface area contributed by atoms with Gasteiger partial charge in [0.15, 0.2) is 0 Å². The Kier molecular flexibility index (Phi) is 6.74. The normalized spacial score (nSPS) is 13.1. The number of hydrogen-bond donors (Lipinski definition) is 1. The van der Waals surface area contributed by atoms with Crippen molar-refractivity contribution in [3.8, 4) is 11.8 Å². The predicted molar refractivity (Wildman–Crippen MR) is 114 cm³/mol. The second kappa shape index (κ2) is 9.25. The third kappa shape index (κ3) is 4.74. The Morgan fingerprint density at radius 3 is 2.82 bits per heavy atom. The number of anilines is 1. The lowest BCUT2D eigenvalue weighted by atomic mass is 9.96. The highest BCUT2D eigenvalue weighted by Gasteiger charge is 2.21. The fourth-order valence-electron chi connectivity index (χ4n) is 3.77. The molecule has 1 aliphatic rings. The average molecular weight is 397 g/mol. The van der Waals surface area contributed by atoms with Crippen molar-refractivity contribution in [2.24, 2.45) is 0 Å². The molecule has 0 fully saturated rings. The van der Waals surface area contributed by atoms with E-state index < -0.39 is 0 Å². The van der Waals surface area contributed by atoms with Crippen LogP contribution in [-0.4, -0.2) is 12.5 Å². The molecule has 1 amide bonds. The van der Waals surface area contributed by atoms with E-state index in [0.717, 1.165) is 35.6 Å². The van der Waals surface area contributed by atoms with Crippen LogP contribution in [0.5, 0.6) is 5.75 Å². The second-order valence-electron chi connectivity index (χ2n) is 7.70.